The predicted molar refractivity (Wildman–Crippen MR) is 79.7 cm³/mol. The van der Waals surface area contributed by atoms with Crippen molar-refractivity contribution in [2.24, 2.45) is 5.73 Å². The number of pyridine rings is 2. The molecule has 0 aliphatic heterocycles. The molecule has 1 unspecified atom stereocenters. The third-order valence-electron chi connectivity index (χ3n) is 3.08. The zero-order valence-corrected chi connectivity index (χ0v) is 11.7. The summed E-state index contributed by atoms with van der Waals surface area (Å²) in [5, 5.41) is 1.07. The minimum Gasteiger partial charge on any atom is -0.319 e. The van der Waals surface area contributed by atoms with E-state index in [1.54, 1.807) is 12.4 Å². The molecule has 0 bridgehead atoms. The van der Waals surface area contributed by atoms with Crippen LogP contribution >= 0.6 is 15.9 Å². The summed E-state index contributed by atoms with van der Waals surface area (Å²) in [6.45, 7) is 0. The maximum atomic E-state index is 6.33. The molecule has 1 atom stereocenters. The molecule has 0 saturated carbocycles. The Morgan fingerprint density at radius 3 is 2.68 bits per heavy atom. The first kappa shape index (κ1) is 12.3. The topological polar surface area (TPSA) is 51.8 Å². The summed E-state index contributed by atoms with van der Waals surface area (Å²) in [5.74, 6) is 0. The Morgan fingerprint density at radius 2 is 1.89 bits per heavy atom. The summed E-state index contributed by atoms with van der Waals surface area (Å²) < 4.78 is 0.947. The molecule has 0 fully saturated rings. The minimum absolute atomic E-state index is 0.249. The number of nitrogens with two attached hydrogens (primary N) is 1. The summed E-state index contributed by atoms with van der Waals surface area (Å²) in [5.41, 5.74) is 9.17. The molecular formula is C15H12BrN3. The number of hydrogen-bond donors (Lipinski definition) is 1. The fourth-order valence-electron chi connectivity index (χ4n) is 2.13. The largest absolute Gasteiger partial charge is 0.319 e. The lowest BCUT2D eigenvalue weighted by Crippen LogP contribution is -2.13. The van der Waals surface area contributed by atoms with Gasteiger partial charge in [-0.2, -0.15) is 0 Å². The van der Waals surface area contributed by atoms with E-state index >= 15 is 0 Å². The van der Waals surface area contributed by atoms with E-state index in [2.05, 4.69) is 25.9 Å². The highest BCUT2D eigenvalue weighted by molar-refractivity contribution is 9.10. The normalized spacial score (nSPS) is 12.5. The van der Waals surface area contributed by atoms with Gasteiger partial charge in [0.25, 0.3) is 0 Å². The molecule has 0 aliphatic rings. The molecule has 0 radical (unpaired) electrons. The van der Waals surface area contributed by atoms with E-state index in [4.69, 9.17) is 5.73 Å². The van der Waals surface area contributed by atoms with E-state index in [-0.39, 0.29) is 6.04 Å². The Labute approximate surface area is 119 Å². The van der Waals surface area contributed by atoms with Crippen molar-refractivity contribution in [1.29, 1.82) is 0 Å². The maximum absolute atomic E-state index is 6.33. The highest BCUT2D eigenvalue weighted by atomic mass is 79.9. The minimum atomic E-state index is -0.249. The third kappa shape index (κ3) is 2.37. The molecule has 2 aromatic heterocycles. The van der Waals surface area contributed by atoms with Crippen LogP contribution in [-0.2, 0) is 0 Å². The van der Waals surface area contributed by atoms with Crippen LogP contribution in [0.3, 0.4) is 0 Å². The van der Waals surface area contributed by atoms with Gasteiger partial charge in [-0.25, -0.2) is 0 Å². The first-order valence-corrected chi connectivity index (χ1v) is 6.75. The number of nitrogens with zero attached hydrogens (tertiary/aromatic N) is 2. The Kier molecular flexibility index (Phi) is 3.27. The molecule has 19 heavy (non-hydrogen) atoms. The number of halogens is 1. The molecular weight excluding hydrogens is 302 g/mol. The third-order valence-corrected chi connectivity index (χ3v) is 3.55. The summed E-state index contributed by atoms with van der Waals surface area (Å²) in [7, 11) is 0. The number of fused-ring (bicyclic) bond motifs is 1. The van der Waals surface area contributed by atoms with Crippen LogP contribution < -0.4 is 5.73 Å². The highest BCUT2D eigenvalue weighted by Gasteiger charge is 2.13. The van der Waals surface area contributed by atoms with Gasteiger partial charge in [0, 0.05) is 22.3 Å². The molecule has 2 N–H and O–H groups in total. The van der Waals surface area contributed by atoms with Crippen molar-refractivity contribution < 1.29 is 0 Å². The average Bonchev–Trinajstić information content (AvgIpc) is 2.47. The first-order valence-electron chi connectivity index (χ1n) is 5.96. The van der Waals surface area contributed by atoms with Crippen LogP contribution in [0.4, 0.5) is 0 Å². The van der Waals surface area contributed by atoms with Crippen molar-refractivity contribution in [2.75, 3.05) is 0 Å². The Bertz CT molecular complexity index is 705. The second kappa shape index (κ2) is 5.07. The van der Waals surface area contributed by atoms with Gasteiger partial charge >= 0.3 is 0 Å². The van der Waals surface area contributed by atoms with Crippen molar-refractivity contribution in [3.63, 3.8) is 0 Å². The monoisotopic (exact) mass is 313 g/mol. The standard InChI is InChI=1S/C15H12BrN3/c16-10-6-7-14(19-9-10)15(17)12-3-1-5-13-11(12)4-2-8-18-13/h1-9,15H,17H2. The second-order valence-corrected chi connectivity index (χ2v) is 5.21. The molecule has 4 heteroatoms. The number of aromatic nitrogens is 2. The number of hydrogen-bond acceptors (Lipinski definition) is 3. The first-order chi connectivity index (χ1) is 9.25. The lowest BCUT2D eigenvalue weighted by molar-refractivity contribution is 0.835. The van der Waals surface area contributed by atoms with Gasteiger partial charge in [0.05, 0.1) is 17.3 Å². The molecule has 1 aromatic carbocycles. The van der Waals surface area contributed by atoms with Gasteiger partial charge < -0.3 is 5.73 Å². The molecule has 94 valence electrons. The van der Waals surface area contributed by atoms with Crippen molar-refractivity contribution in [2.45, 2.75) is 6.04 Å². The molecule has 0 spiro atoms. The summed E-state index contributed by atoms with van der Waals surface area (Å²) >= 11 is 3.38. The second-order valence-electron chi connectivity index (χ2n) is 4.30. The van der Waals surface area contributed by atoms with Gasteiger partial charge in [-0.3, -0.25) is 9.97 Å². The Hall–Kier alpha value is -1.78. The molecule has 0 saturated heterocycles. The fourth-order valence-corrected chi connectivity index (χ4v) is 2.36. The zero-order chi connectivity index (χ0) is 13.2. The Morgan fingerprint density at radius 1 is 1.00 bits per heavy atom. The summed E-state index contributed by atoms with van der Waals surface area (Å²) in [6, 6.07) is 13.6. The van der Waals surface area contributed by atoms with Crippen molar-refractivity contribution in [3.8, 4) is 0 Å². The van der Waals surface area contributed by atoms with Gasteiger partial charge in [-0.15, -0.1) is 0 Å². The predicted octanol–water partition coefficient (Wildman–Crippen LogP) is 3.44. The average molecular weight is 314 g/mol. The van der Waals surface area contributed by atoms with E-state index in [0.717, 1.165) is 26.6 Å². The van der Waals surface area contributed by atoms with Crippen LogP contribution in [0.5, 0.6) is 0 Å². The molecule has 2 heterocycles. The molecule has 0 amide bonds. The Balaban J connectivity index is 2.11. The lowest BCUT2D eigenvalue weighted by Gasteiger charge is -2.14. The highest BCUT2D eigenvalue weighted by Crippen LogP contribution is 2.25. The maximum Gasteiger partial charge on any atom is 0.0732 e. The van der Waals surface area contributed by atoms with E-state index in [1.165, 1.54) is 0 Å². The van der Waals surface area contributed by atoms with Crippen LogP contribution in [0.1, 0.15) is 17.3 Å². The number of benzene rings is 1. The molecule has 0 aliphatic carbocycles. The van der Waals surface area contributed by atoms with Gasteiger partial charge in [-0.1, -0.05) is 18.2 Å². The van der Waals surface area contributed by atoms with Crippen LogP contribution in [0.2, 0.25) is 0 Å². The van der Waals surface area contributed by atoms with E-state index in [0.29, 0.717) is 0 Å². The van der Waals surface area contributed by atoms with Crippen molar-refractivity contribution in [1.82, 2.24) is 9.97 Å². The van der Waals surface area contributed by atoms with Crippen LogP contribution in [0.15, 0.2) is 59.3 Å². The summed E-state index contributed by atoms with van der Waals surface area (Å²) in [4.78, 5) is 8.72. The van der Waals surface area contributed by atoms with Crippen molar-refractivity contribution in [3.05, 3.63) is 70.6 Å². The SMILES string of the molecule is NC(c1ccc(Br)cn1)c1cccc2ncccc12. The van der Waals surface area contributed by atoms with Gasteiger partial charge in [-0.05, 0) is 45.8 Å². The van der Waals surface area contributed by atoms with Crippen LogP contribution in [-0.4, -0.2) is 9.97 Å². The zero-order valence-electron chi connectivity index (χ0n) is 10.1. The van der Waals surface area contributed by atoms with Gasteiger partial charge in [0.1, 0.15) is 0 Å². The van der Waals surface area contributed by atoms with E-state index in [9.17, 15) is 0 Å². The van der Waals surface area contributed by atoms with Crippen molar-refractivity contribution >= 4 is 26.8 Å². The van der Waals surface area contributed by atoms with Crippen LogP contribution in [0, 0.1) is 0 Å². The van der Waals surface area contributed by atoms with Gasteiger partial charge in [0.2, 0.25) is 0 Å². The summed E-state index contributed by atoms with van der Waals surface area (Å²) in [6.07, 6.45) is 3.55. The quantitative estimate of drug-likeness (QED) is 0.788. The smallest absolute Gasteiger partial charge is 0.0732 e. The fraction of sp³-hybridized carbons (Fsp3) is 0.0667. The molecule has 3 nitrogen and oxygen atoms in total. The lowest BCUT2D eigenvalue weighted by atomic mass is 9.99. The van der Waals surface area contributed by atoms with Gasteiger partial charge in [0.15, 0.2) is 0 Å². The molecule has 3 rings (SSSR count). The number of rotatable bonds is 2. The van der Waals surface area contributed by atoms with Crippen LogP contribution in [0.25, 0.3) is 10.9 Å². The van der Waals surface area contributed by atoms with E-state index < -0.39 is 0 Å². The van der Waals surface area contributed by atoms with E-state index in [1.807, 2.05) is 42.5 Å². The molecule has 3 aromatic rings.